The zero-order valence-corrected chi connectivity index (χ0v) is 9.77. The van der Waals surface area contributed by atoms with Gasteiger partial charge in [0.05, 0.1) is 0 Å². The Labute approximate surface area is 99.8 Å². The van der Waals surface area contributed by atoms with Crippen molar-refractivity contribution in [3.63, 3.8) is 0 Å². The van der Waals surface area contributed by atoms with E-state index in [1.807, 2.05) is 6.08 Å². The molecule has 0 spiro atoms. The molecule has 2 amide bonds. The number of aliphatic imine (C=N–C) groups is 1. The number of rotatable bonds is 5. The first-order valence-corrected chi connectivity index (χ1v) is 5.50. The molecule has 0 aromatic heterocycles. The minimum Gasteiger partial charge on any atom is -0.387 e. The van der Waals surface area contributed by atoms with Gasteiger partial charge in [0.2, 0.25) is 11.8 Å². The van der Waals surface area contributed by atoms with Gasteiger partial charge in [-0.1, -0.05) is 6.08 Å². The number of hydrogen-bond acceptors (Lipinski definition) is 4. The van der Waals surface area contributed by atoms with E-state index in [9.17, 15) is 9.59 Å². The summed E-state index contributed by atoms with van der Waals surface area (Å²) in [6, 6.07) is -0.693. The maximum Gasteiger partial charge on any atom is 0.246 e. The van der Waals surface area contributed by atoms with Gasteiger partial charge in [-0.15, -0.1) is 0 Å². The van der Waals surface area contributed by atoms with Crippen molar-refractivity contribution in [3.8, 4) is 0 Å². The van der Waals surface area contributed by atoms with Crippen molar-refractivity contribution in [2.45, 2.75) is 25.3 Å². The van der Waals surface area contributed by atoms with E-state index in [1.165, 1.54) is 7.05 Å². The van der Waals surface area contributed by atoms with Crippen LogP contribution in [-0.4, -0.2) is 42.8 Å². The molecule has 0 aromatic carbocycles. The van der Waals surface area contributed by atoms with Crippen LogP contribution in [0.25, 0.3) is 0 Å². The molecule has 17 heavy (non-hydrogen) atoms. The van der Waals surface area contributed by atoms with Crippen molar-refractivity contribution in [1.82, 2.24) is 10.6 Å². The van der Waals surface area contributed by atoms with Crippen LogP contribution in [0, 0.1) is 0 Å². The minimum atomic E-state index is -0.693. The van der Waals surface area contributed by atoms with E-state index in [0.717, 1.165) is 18.5 Å². The first-order chi connectivity index (χ1) is 8.17. The van der Waals surface area contributed by atoms with Crippen molar-refractivity contribution in [3.05, 3.63) is 11.8 Å². The summed E-state index contributed by atoms with van der Waals surface area (Å²) in [6.07, 6.45) is 5.87. The van der Waals surface area contributed by atoms with Gasteiger partial charge in [0.15, 0.2) is 0 Å². The maximum absolute atomic E-state index is 11.6. The second kappa shape index (κ2) is 6.80. The highest BCUT2D eigenvalue weighted by atomic mass is 16.3. The molecule has 0 saturated carbocycles. The molecule has 0 saturated heterocycles. The fraction of sp³-hybridized carbons (Fsp3) is 0.545. The molecule has 0 fully saturated rings. The number of allylic oxidation sites excluding steroid dienone is 1. The van der Waals surface area contributed by atoms with Crippen molar-refractivity contribution in [2.75, 3.05) is 13.7 Å². The lowest BCUT2D eigenvalue weighted by Crippen LogP contribution is -2.46. The second-order valence-electron chi connectivity index (χ2n) is 3.68. The summed E-state index contributed by atoms with van der Waals surface area (Å²) < 4.78 is 0. The number of nitrogens with one attached hydrogen (secondary N) is 2. The van der Waals surface area contributed by atoms with E-state index in [-0.39, 0.29) is 5.91 Å². The predicted octanol–water partition coefficient (Wildman–Crippen LogP) is -0.652. The minimum absolute atomic E-state index is 0.298. The molecular formula is C11H17N3O3. The van der Waals surface area contributed by atoms with Crippen LogP contribution in [-0.2, 0) is 9.59 Å². The lowest BCUT2D eigenvalue weighted by atomic mass is 10.1. The quantitative estimate of drug-likeness (QED) is 0.595. The van der Waals surface area contributed by atoms with Crippen LogP contribution in [0.3, 0.4) is 0 Å². The Balaban J connectivity index is 2.63. The molecule has 1 aliphatic heterocycles. The van der Waals surface area contributed by atoms with E-state index in [4.69, 9.17) is 5.11 Å². The highest BCUT2D eigenvalue weighted by Gasteiger charge is 2.20. The summed E-state index contributed by atoms with van der Waals surface area (Å²) >= 11 is 0. The standard InChI is InChI=1S/C11H17N3O3/c1-12-11(17)9(14-10(16)7-15)6-8-4-2-3-5-13-8/h4-5,9,15H,2-3,6-7H2,1H3,(H,12,17)(H,14,16)/t9-/m0/s1. The van der Waals surface area contributed by atoms with Gasteiger partial charge >= 0.3 is 0 Å². The molecule has 1 heterocycles. The summed E-state index contributed by atoms with van der Waals surface area (Å²) in [4.78, 5) is 26.8. The third-order valence-electron chi connectivity index (χ3n) is 2.39. The molecule has 1 aliphatic rings. The molecule has 1 rings (SSSR count). The number of aliphatic hydroxyl groups excluding tert-OH is 1. The number of likely N-dealkylation sites (N-methyl/N-ethyl adjacent to an activating group) is 1. The summed E-state index contributed by atoms with van der Waals surface area (Å²) in [7, 11) is 1.50. The van der Waals surface area contributed by atoms with E-state index < -0.39 is 18.6 Å². The zero-order valence-electron chi connectivity index (χ0n) is 9.77. The molecule has 0 radical (unpaired) electrons. The van der Waals surface area contributed by atoms with Gasteiger partial charge in [0.1, 0.15) is 12.6 Å². The monoisotopic (exact) mass is 239 g/mol. The fourth-order valence-electron chi connectivity index (χ4n) is 1.53. The molecule has 3 N–H and O–H groups in total. The highest BCUT2D eigenvalue weighted by molar-refractivity contribution is 5.88. The SMILES string of the molecule is CNC(=O)[C@H](CC1=CCCC=N1)NC(=O)CO. The molecule has 1 atom stereocenters. The van der Waals surface area contributed by atoms with Crippen LogP contribution >= 0.6 is 0 Å². The van der Waals surface area contributed by atoms with Gasteiger partial charge < -0.3 is 15.7 Å². The van der Waals surface area contributed by atoms with Crippen molar-refractivity contribution >= 4 is 18.0 Å². The highest BCUT2D eigenvalue weighted by Crippen LogP contribution is 2.13. The number of nitrogens with zero attached hydrogens (tertiary/aromatic N) is 1. The normalized spacial score (nSPS) is 16.0. The number of hydrogen-bond donors (Lipinski definition) is 3. The third-order valence-corrected chi connectivity index (χ3v) is 2.39. The van der Waals surface area contributed by atoms with Gasteiger partial charge in [0.25, 0.3) is 0 Å². The van der Waals surface area contributed by atoms with Crippen LogP contribution in [0.2, 0.25) is 0 Å². The van der Waals surface area contributed by atoms with Crippen LogP contribution < -0.4 is 10.6 Å². The van der Waals surface area contributed by atoms with Crippen molar-refractivity contribution in [2.24, 2.45) is 4.99 Å². The number of amides is 2. The summed E-state index contributed by atoms with van der Waals surface area (Å²) in [5.41, 5.74) is 0.781. The topological polar surface area (TPSA) is 90.8 Å². The van der Waals surface area contributed by atoms with Gasteiger partial charge in [-0.2, -0.15) is 0 Å². The number of aliphatic hydroxyl groups is 1. The van der Waals surface area contributed by atoms with E-state index in [2.05, 4.69) is 15.6 Å². The molecule has 6 heteroatoms. The smallest absolute Gasteiger partial charge is 0.246 e. The van der Waals surface area contributed by atoms with Crippen LogP contribution in [0.5, 0.6) is 0 Å². The Kier molecular flexibility index (Phi) is 5.35. The average molecular weight is 239 g/mol. The van der Waals surface area contributed by atoms with Gasteiger partial charge in [-0.3, -0.25) is 14.6 Å². The second-order valence-corrected chi connectivity index (χ2v) is 3.68. The summed E-state index contributed by atoms with van der Waals surface area (Å²) in [5, 5.41) is 13.6. The van der Waals surface area contributed by atoms with E-state index in [1.54, 1.807) is 6.21 Å². The molecule has 0 unspecified atom stereocenters. The summed E-state index contributed by atoms with van der Waals surface area (Å²) in [5.74, 6) is -0.868. The fourth-order valence-corrected chi connectivity index (χ4v) is 1.53. The molecule has 0 bridgehead atoms. The van der Waals surface area contributed by atoms with E-state index in [0.29, 0.717) is 6.42 Å². The lowest BCUT2D eigenvalue weighted by molar-refractivity contribution is -0.130. The Morgan fingerprint density at radius 1 is 1.53 bits per heavy atom. The van der Waals surface area contributed by atoms with Crippen LogP contribution in [0.15, 0.2) is 16.8 Å². The first kappa shape index (κ1) is 13.4. The Morgan fingerprint density at radius 3 is 2.82 bits per heavy atom. The maximum atomic E-state index is 11.6. The van der Waals surface area contributed by atoms with Gasteiger partial charge in [-0.25, -0.2) is 0 Å². The van der Waals surface area contributed by atoms with Crippen LogP contribution in [0.1, 0.15) is 19.3 Å². The molecule has 0 aliphatic carbocycles. The predicted molar refractivity (Wildman–Crippen MR) is 63.5 cm³/mol. The first-order valence-electron chi connectivity index (χ1n) is 5.50. The average Bonchev–Trinajstić information content (AvgIpc) is 2.38. The number of carbonyl (C=O) groups is 2. The molecule has 6 nitrogen and oxygen atoms in total. The Morgan fingerprint density at radius 2 is 2.29 bits per heavy atom. The largest absolute Gasteiger partial charge is 0.387 e. The van der Waals surface area contributed by atoms with E-state index >= 15 is 0 Å². The summed E-state index contributed by atoms with van der Waals surface area (Å²) in [6.45, 7) is -0.629. The van der Waals surface area contributed by atoms with Gasteiger partial charge in [0, 0.05) is 25.4 Å². The lowest BCUT2D eigenvalue weighted by Gasteiger charge is -2.17. The molecular weight excluding hydrogens is 222 g/mol. The third kappa shape index (κ3) is 4.36. The van der Waals surface area contributed by atoms with Gasteiger partial charge in [-0.05, 0) is 12.8 Å². The Bertz CT molecular complexity index is 350. The number of carbonyl (C=O) groups excluding carboxylic acids is 2. The zero-order chi connectivity index (χ0) is 12.7. The van der Waals surface area contributed by atoms with Crippen molar-refractivity contribution in [1.29, 1.82) is 0 Å². The molecule has 94 valence electrons. The van der Waals surface area contributed by atoms with Crippen LogP contribution in [0.4, 0.5) is 0 Å². The van der Waals surface area contributed by atoms with Crippen molar-refractivity contribution < 1.29 is 14.7 Å². The molecule has 0 aromatic rings. The Hall–Kier alpha value is -1.69.